The summed E-state index contributed by atoms with van der Waals surface area (Å²) < 4.78 is 0. The van der Waals surface area contributed by atoms with Gasteiger partial charge >= 0.3 is 0 Å². The summed E-state index contributed by atoms with van der Waals surface area (Å²) in [7, 11) is 0. The first-order valence-corrected chi connectivity index (χ1v) is 11.0. The van der Waals surface area contributed by atoms with Crippen LogP contribution in [0.25, 0.3) is 0 Å². The Balaban J connectivity index is 2.58. The van der Waals surface area contributed by atoms with E-state index in [4.69, 9.17) is 6.42 Å². The fraction of sp³-hybridized carbons (Fsp3) is 0.481. The number of benzene rings is 1. The van der Waals surface area contributed by atoms with Crippen LogP contribution in [0.4, 0.5) is 0 Å². The van der Waals surface area contributed by atoms with Gasteiger partial charge in [-0.1, -0.05) is 88.1 Å². The van der Waals surface area contributed by atoms with E-state index in [2.05, 4.69) is 87.1 Å². The van der Waals surface area contributed by atoms with Gasteiger partial charge in [0.1, 0.15) is 0 Å². The molecule has 0 spiro atoms. The fourth-order valence-corrected chi connectivity index (χ4v) is 4.75. The molecule has 0 radical (unpaired) electrons. The molecule has 1 aromatic carbocycles. The molecule has 1 atom stereocenters. The van der Waals surface area contributed by atoms with Crippen LogP contribution in [0.1, 0.15) is 71.8 Å². The highest BCUT2D eigenvalue weighted by atomic mass is 15.2. The van der Waals surface area contributed by atoms with Crippen molar-refractivity contribution < 1.29 is 0 Å². The normalized spacial score (nSPS) is 21.8. The van der Waals surface area contributed by atoms with Gasteiger partial charge in [-0.25, -0.2) is 0 Å². The van der Waals surface area contributed by atoms with E-state index < -0.39 is 0 Å². The summed E-state index contributed by atoms with van der Waals surface area (Å²) in [6, 6.07) is 11.6. The van der Waals surface area contributed by atoms with Gasteiger partial charge in [0, 0.05) is 30.1 Å². The van der Waals surface area contributed by atoms with E-state index in [9.17, 15) is 0 Å². The van der Waals surface area contributed by atoms with Gasteiger partial charge in [0.05, 0.1) is 0 Å². The van der Waals surface area contributed by atoms with Crippen LogP contribution >= 0.6 is 0 Å². The van der Waals surface area contributed by atoms with Crippen LogP contribution in [0.2, 0.25) is 0 Å². The number of rotatable bonds is 9. The van der Waals surface area contributed by atoms with Gasteiger partial charge in [0.2, 0.25) is 0 Å². The van der Waals surface area contributed by atoms with E-state index in [-0.39, 0.29) is 5.41 Å². The molecular formula is C27H37N. The molecule has 1 aliphatic heterocycles. The lowest BCUT2D eigenvalue weighted by Crippen LogP contribution is -2.37. The molecule has 0 aliphatic carbocycles. The van der Waals surface area contributed by atoms with Crippen molar-refractivity contribution in [1.82, 2.24) is 4.90 Å². The molecule has 150 valence electrons. The van der Waals surface area contributed by atoms with Crippen LogP contribution in [0.5, 0.6) is 0 Å². The van der Waals surface area contributed by atoms with Crippen LogP contribution in [0, 0.1) is 12.3 Å². The van der Waals surface area contributed by atoms with Crippen LogP contribution in [0.15, 0.2) is 65.9 Å². The number of allylic oxidation sites excluding steroid dienone is 5. The first-order valence-electron chi connectivity index (χ1n) is 11.0. The van der Waals surface area contributed by atoms with Crippen molar-refractivity contribution in [3.63, 3.8) is 0 Å². The second kappa shape index (κ2) is 11.0. The predicted octanol–water partition coefficient (Wildman–Crippen LogP) is 7.03. The van der Waals surface area contributed by atoms with Crippen LogP contribution in [0.3, 0.4) is 0 Å². The summed E-state index contributed by atoms with van der Waals surface area (Å²) in [5.74, 6) is 2.69. The van der Waals surface area contributed by atoms with Crippen molar-refractivity contribution in [1.29, 1.82) is 0 Å². The Bertz CT molecular complexity index is 725. The van der Waals surface area contributed by atoms with Gasteiger partial charge < -0.3 is 4.90 Å². The third-order valence-corrected chi connectivity index (χ3v) is 5.97. The zero-order valence-corrected chi connectivity index (χ0v) is 18.2. The number of terminal acetylenes is 1. The Labute approximate surface area is 173 Å². The average Bonchev–Trinajstić information content (AvgIpc) is 3.10. The van der Waals surface area contributed by atoms with Crippen LogP contribution < -0.4 is 0 Å². The maximum Gasteiger partial charge on any atom is 0.0428 e. The lowest BCUT2D eigenvalue weighted by atomic mass is 9.72. The van der Waals surface area contributed by atoms with E-state index in [0.717, 1.165) is 19.4 Å². The first kappa shape index (κ1) is 22.1. The highest BCUT2D eigenvalue weighted by Gasteiger charge is 2.45. The third-order valence-electron chi connectivity index (χ3n) is 5.97. The number of likely N-dealkylation sites (tertiary alicyclic amines) is 1. The smallest absolute Gasteiger partial charge is 0.0428 e. The fourth-order valence-electron chi connectivity index (χ4n) is 4.75. The number of hydrogen-bond donors (Lipinski definition) is 0. The lowest BCUT2D eigenvalue weighted by molar-refractivity contribution is 0.238. The molecule has 0 saturated carbocycles. The van der Waals surface area contributed by atoms with Crippen molar-refractivity contribution in [3.8, 4) is 12.3 Å². The highest BCUT2D eigenvalue weighted by molar-refractivity contribution is 5.47. The van der Waals surface area contributed by atoms with Crippen molar-refractivity contribution in [3.05, 3.63) is 71.5 Å². The lowest BCUT2D eigenvalue weighted by Gasteiger charge is -2.35. The SMILES string of the molecule is C#C/C=C\C(=C/C)C1(c2ccccc2)CC(=CCC)N(C(CCC)CCC)C1. The highest BCUT2D eigenvalue weighted by Crippen LogP contribution is 2.47. The Hall–Kier alpha value is -2.20. The van der Waals surface area contributed by atoms with Gasteiger partial charge in [-0.3, -0.25) is 0 Å². The summed E-state index contributed by atoms with van der Waals surface area (Å²) in [5, 5.41) is 0. The Morgan fingerprint density at radius 3 is 2.39 bits per heavy atom. The molecule has 1 heterocycles. The van der Waals surface area contributed by atoms with Gasteiger partial charge in [-0.15, -0.1) is 6.42 Å². The molecule has 1 aromatic rings. The van der Waals surface area contributed by atoms with E-state index in [1.807, 2.05) is 6.08 Å². The molecule has 0 N–H and O–H groups in total. The zero-order valence-electron chi connectivity index (χ0n) is 18.2. The minimum Gasteiger partial charge on any atom is -0.371 e. The van der Waals surface area contributed by atoms with Gasteiger partial charge in [0.15, 0.2) is 0 Å². The van der Waals surface area contributed by atoms with Crippen molar-refractivity contribution in [2.45, 2.75) is 77.7 Å². The Morgan fingerprint density at radius 1 is 1.18 bits per heavy atom. The van der Waals surface area contributed by atoms with Crippen molar-refractivity contribution >= 4 is 0 Å². The molecular weight excluding hydrogens is 338 g/mol. The van der Waals surface area contributed by atoms with Gasteiger partial charge in [0.25, 0.3) is 0 Å². The summed E-state index contributed by atoms with van der Waals surface area (Å²) >= 11 is 0. The molecule has 1 heteroatoms. The molecule has 1 nitrogen and oxygen atoms in total. The van der Waals surface area contributed by atoms with Crippen molar-refractivity contribution in [2.75, 3.05) is 6.54 Å². The summed E-state index contributed by atoms with van der Waals surface area (Å²) in [6.07, 6.45) is 21.3. The second-order valence-corrected chi connectivity index (χ2v) is 7.83. The number of hydrogen-bond acceptors (Lipinski definition) is 1. The molecule has 1 unspecified atom stereocenters. The Kier molecular flexibility index (Phi) is 8.65. The van der Waals surface area contributed by atoms with Gasteiger partial charge in [-0.05, 0) is 43.4 Å². The summed E-state index contributed by atoms with van der Waals surface area (Å²) in [4.78, 5) is 2.72. The molecule has 1 aliphatic rings. The maximum absolute atomic E-state index is 5.56. The average molecular weight is 376 g/mol. The zero-order chi connectivity index (χ0) is 20.4. The molecule has 2 rings (SSSR count). The van der Waals surface area contributed by atoms with E-state index in [0.29, 0.717) is 6.04 Å². The molecule has 1 saturated heterocycles. The maximum atomic E-state index is 5.56. The molecule has 1 fully saturated rings. The van der Waals surface area contributed by atoms with E-state index in [1.54, 1.807) is 0 Å². The van der Waals surface area contributed by atoms with E-state index in [1.165, 1.54) is 42.5 Å². The van der Waals surface area contributed by atoms with Crippen molar-refractivity contribution in [2.24, 2.45) is 0 Å². The summed E-state index contributed by atoms with van der Waals surface area (Å²) in [5.41, 5.74) is 4.19. The molecule has 28 heavy (non-hydrogen) atoms. The van der Waals surface area contributed by atoms with Crippen LogP contribution in [-0.2, 0) is 5.41 Å². The molecule has 0 amide bonds. The van der Waals surface area contributed by atoms with Gasteiger partial charge in [-0.2, -0.15) is 0 Å². The topological polar surface area (TPSA) is 3.24 Å². The second-order valence-electron chi connectivity index (χ2n) is 7.83. The van der Waals surface area contributed by atoms with Crippen LogP contribution in [-0.4, -0.2) is 17.5 Å². The van der Waals surface area contributed by atoms with E-state index >= 15 is 0 Å². The largest absolute Gasteiger partial charge is 0.371 e. The monoisotopic (exact) mass is 375 g/mol. The predicted molar refractivity (Wildman–Crippen MR) is 123 cm³/mol. The Morgan fingerprint density at radius 2 is 1.86 bits per heavy atom. The molecule has 0 aromatic heterocycles. The quantitative estimate of drug-likeness (QED) is 0.331. The number of nitrogens with zero attached hydrogens (tertiary/aromatic N) is 1. The summed E-state index contributed by atoms with van der Waals surface area (Å²) in [6.45, 7) is 10.0. The minimum absolute atomic E-state index is 0.0376. The standard InChI is InChI=1S/C27H37N/c1-6-11-18-23(10-5)27(24-19-13-12-14-20-24)21-26(17-9-4)28(22-27)25(15-7-2)16-8-3/h1,10-14,17-20,25H,7-9,15-16,21-22H2,2-5H3/b18-11-,23-10+,26-17?. The molecule has 0 bridgehead atoms. The first-order chi connectivity index (χ1) is 13.7. The third kappa shape index (κ3) is 4.79. The minimum atomic E-state index is -0.0376.